The summed E-state index contributed by atoms with van der Waals surface area (Å²) in [4.78, 5) is 10.6. The second kappa shape index (κ2) is 6.69. The van der Waals surface area contributed by atoms with Crippen LogP contribution in [0.3, 0.4) is 0 Å². The highest BCUT2D eigenvalue weighted by Gasteiger charge is 2.04. The Morgan fingerprint density at radius 1 is 1.14 bits per heavy atom. The van der Waals surface area contributed by atoms with Crippen molar-refractivity contribution >= 4 is 11.6 Å². The van der Waals surface area contributed by atoms with Crippen LogP contribution in [-0.2, 0) is 11.3 Å². The van der Waals surface area contributed by atoms with E-state index in [-0.39, 0.29) is 18.7 Å². The van der Waals surface area contributed by atoms with Crippen molar-refractivity contribution in [2.75, 3.05) is 11.9 Å². The number of primary amides is 1. The molecule has 0 heterocycles. The van der Waals surface area contributed by atoms with Gasteiger partial charge in [0.15, 0.2) is 6.61 Å². The summed E-state index contributed by atoms with van der Waals surface area (Å²) in [5.41, 5.74) is 5.92. The van der Waals surface area contributed by atoms with Crippen LogP contribution in [0.5, 0.6) is 5.75 Å². The van der Waals surface area contributed by atoms with Gasteiger partial charge in [-0.15, -0.1) is 0 Å². The van der Waals surface area contributed by atoms with Crippen LogP contribution < -0.4 is 15.8 Å². The SMILES string of the molecule is NC(=O)COc1ccc(NCc2cc(F)ccc2F)cc1. The molecule has 2 aromatic carbocycles. The molecule has 0 radical (unpaired) electrons. The van der Waals surface area contributed by atoms with Gasteiger partial charge >= 0.3 is 0 Å². The number of carbonyl (C=O) groups excluding carboxylic acids is 1. The summed E-state index contributed by atoms with van der Waals surface area (Å²) in [7, 11) is 0. The van der Waals surface area contributed by atoms with Crippen molar-refractivity contribution in [1.29, 1.82) is 0 Å². The Kier molecular flexibility index (Phi) is 4.71. The van der Waals surface area contributed by atoms with Gasteiger partial charge in [-0.1, -0.05) is 0 Å². The molecule has 0 saturated heterocycles. The molecule has 1 amide bonds. The minimum absolute atomic E-state index is 0.158. The summed E-state index contributed by atoms with van der Waals surface area (Å²) in [5, 5.41) is 2.97. The molecule has 0 aromatic heterocycles. The van der Waals surface area contributed by atoms with Crippen LogP contribution in [0.4, 0.5) is 14.5 Å². The molecule has 6 heteroatoms. The molecule has 0 bridgehead atoms. The summed E-state index contributed by atoms with van der Waals surface area (Å²) in [6.07, 6.45) is 0. The summed E-state index contributed by atoms with van der Waals surface area (Å²) < 4.78 is 31.6. The summed E-state index contributed by atoms with van der Waals surface area (Å²) >= 11 is 0. The zero-order chi connectivity index (χ0) is 15.2. The third kappa shape index (κ3) is 4.45. The molecular weight excluding hydrogens is 278 g/mol. The molecule has 0 fully saturated rings. The number of nitrogens with one attached hydrogen (secondary N) is 1. The van der Waals surface area contributed by atoms with E-state index in [1.807, 2.05) is 0 Å². The van der Waals surface area contributed by atoms with Crippen LogP contribution in [0.2, 0.25) is 0 Å². The van der Waals surface area contributed by atoms with Crippen LogP contribution in [0.25, 0.3) is 0 Å². The van der Waals surface area contributed by atoms with Crippen molar-refractivity contribution in [3.8, 4) is 5.75 Å². The number of amides is 1. The molecule has 4 nitrogen and oxygen atoms in total. The number of benzene rings is 2. The fraction of sp³-hybridized carbons (Fsp3) is 0.133. The predicted octanol–water partition coefficient (Wildman–Crippen LogP) is 2.44. The lowest BCUT2D eigenvalue weighted by atomic mass is 10.2. The van der Waals surface area contributed by atoms with Gasteiger partial charge in [0.25, 0.3) is 5.91 Å². The topological polar surface area (TPSA) is 64.4 Å². The van der Waals surface area contributed by atoms with Crippen LogP contribution in [0.15, 0.2) is 42.5 Å². The van der Waals surface area contributed by atoms with Gasteiger partial charge in [-0.05, 0) is 42.5 Å². The van der Waals surface area contributed by atoms with E-state index in [4.69, 9.17) is 10.5 Å². The highest BCUT2D eigenvalue weighted by Crippen LogP contribution is 2.17. The Morgan fingerprint density at radius 3 is 2.52 bits per heavy atom. The predicted molar refractivity (Wildman–Crippen MR) is 74.8 cm³/mol. The molecule has 0 aliphatic carbocycles. The number of ether oxygens (including phenoxy) is 1. The van der Waals surface area contributed by atoms with Crippen LogP contribution in [0, 0.1) is 11.6 Å². The van der Waals surface area contributed by atoms with Gasteiger partial charge in [0.1, 0.15) is 17.4 Å². The van der Waals surface area contributed by atoms with E-state index in [9.17, 15) is 13.6 Å². The van der Waals surface area contributed by atoms with E-state index < -0.39 is 17.5 Å². The maximum absolute atomic E-state index is 13.4. The molecule has 3 N–H and O–H groups in total. The van der Waals surface area contributed by atoms with Gasteiger partial charge in [0, 0.05) is 17.8 Å². The molecule has 2 aromatic rings. The number of rotatable bonds is 6. The van der Waals surface area contributed by atoms with Gasteiger partial charge in [0.2, 0.25) is 0 Å². The fourth-order valence-corrected chi connectivity index (χ4v) is 1.70. The van der Waals surface area contributed by atoms with Gasteiger partial charge in [-0.25, -0.2) is 8.78 Å². The number of hydrogen-bond acceptors (Lipinski definition) is 3. The standard InChI is InChI=1S/C15H14F2N2O2/c16-11-1-6-14(17)10(7-11)8-19-12-2-4-13(5-3-12)21-9-15(18)20/h1-7,19H,8-9H2,(H2,18,20). The van der Waals surface area contributed by atoms with Gasteiger partial charge in [-0.3, -0.25) is 4.79 Å². The van der Waals surface area contributed by atoms with Gasteiger partial charge in [0.05, 0.1) is 0 Å². The molecule has 0 atom stereocenters. The number of halogens is 2. The van der Waals surface area contributed by atoms with Crippen LogP contribution >= 0.6 is 0 Å². The third-order valence-corrected chi connectivity index (χ3v) is 2.73. The number of nitrogens with two attached hydrogens (primary N) is 1. The van der Waals surface area contributed by atoms with E-state index in [2.05, 4.69) is 5.32 Å². The molecule has 110 valence electrons. The normalized spacial score (nSPS) is 10.2. The van der Waals surface area contributed by atoms with Crippen LogP contribution in [-0.4, -0.2) is 12.5 Å². The molecule has 0 unspecified atom stereocenters. The van der Waals surface area contributed by atoms with Crippen molar-refractivity contribution in [3.63, 3.8) is 0 Å². The average molecular weight is 292 g/mol. The fourth-order valence-electron chi connectivity index (χ4n) is 1.70. The maximum atomic E-state index is 13.4. The van der Waals surface area contributed by atoms with Gasteiger partial charge < -0.3 is 15.8 Å². The lowest BCUT2D eigenvalue weighted by molar-refractivity contribution is -0.119. The number of hydrogen-bond donors (Lipinski definition) is 2. The van der Waals surface area contributed by atoms with E-state index in [0.717, 1.165) is 18.2 Å². The highest BCUT2D eigenvalue weighted by molar-refractivity contribution is 5.75. The minimum atomic E-state index is -0.557. The maximum Gasteiger partial charge on any atom is 0.255 e. The monoisotopic (exact) mass is 292 g/mol. The summed E-state index contributed by atoms with van der Waals surface area (Å²) in [6.45, 7) is -0.0354. The lowest BCUT2D eigenvalue weighted by Crippen LogP contribution is -2.19. The second-order valence-electron chi connectivity index (χ2n) is 4.37. The van der Waals surface area contributed by atoms with E-state index in [0.29, 0.717) is 11.4 Å². The number of carbonyl (C=O) groups is 1. The van der Waals surface area contributed by atoms with E-state index in [1.54, 1.807) is 24.3 Å². The number of anilines is 1. The average Bonchev–Trinajstić information content (AvgIpc) is 2.47. The third-order valence-electron chi connectivity index (χ3n) is 2.73. The highest BCUT2D eigenvalue weighted by atomic mass is 19.1. The first-order valence-electron chi connectivity index (χ1n) is 6.23. The zero-order valence-electron chi connectivity index (χ0n) is 11.1. The smallest absolute Gasteiger partial charge is 0.255 e. The van der Waals surface area contributed by atoms with Crippen molar-refractivity contribution in [2.24, 2.45) is 5.73 Å². The summed E-state index contributed by atoms with van der Waals surface area (Å²) in [5.74, 6) is -1.01. The Bertz CT molecular complexity index is 630. The second-order valence-corrected chi connectivity index (χ2v) is 4.37. The Morgan fingerprint density at radius 2 is 1.86 bits per heavy atom. The Labute approximate surface area is 120 Å². The first-order valence-corrected chi connectivity index (χ1v) is 6.23. The lowest BCUT2D eigenvalue weighted by Gasteiger charge is -2.09. The molecule has 2 rings (SSSR count). The first kappa shape index (κ1) is 14.8. The first-order chi connectivity index (χ1) is 10.0. The minimum Gasteiger partial charge on any atom is -0.484 e. The largest absolute Gasteiger partial charge is 0.484 e. The molecule has 0 spiro atoms. The zero-order valence-corrected chi connectivity index (χ0v) is 11.1. The van der Waals surface area contributed by atoms with Crippen molar-refractivity contribution < 1.29 is 18.3 Å². The van der Waals surface area contributed by atoms with Crippen molar-refractivity contribution in [2.45, 2.75) is 6.54 Å². The van der Waals surface area contributed by atoms with Crippen molar-refractivity contribution in [3.05, 3.63) is 59.7 Å². The molecule has 0 aliphatic heterocycles. The molecule has 21 heavy (non-hydrogen) atoms. The van der Waals surface area contributed by atoms with Gasteiger partial charge in [-0.2, -0.15) is 0 Å². The Balaban J connectivity index is 1.94. The quantitative estimate of drug-likeness (QED) is 0.859. The van der Waals surface area contributed by atoms with E-state index >= 15 is 0 Å². The molecule has 0 saturated carbocycles. The molecule has 0 aliphatic rings. The van der Waals surface area contributed by atoms with E-state index in [1.165, 1.54) is 0 Å². The molecular formula is C15H14F2N2O2. The van der Waals surface area contributed by atoms with Crippen LogP contribution in [0.1, 0.15) is 5.56 Å². The Hall–Kier alpha value is -2.63. The van der Waals surface area contributed by atoms with Crippen molar-refractivity contribution in [1.82, 2.24) is 0 Å². The summed E-state index contributed by atoms with van der Waals surface area (Å²) in [6, 6.07) is 10.0.